The zero-order valence-electron chi connectivity index (χ0n) is 11.4. The third-order valence-electron chi connectivity index (χ3n) is 3.89. The van der Waals surface area contributed by atoms with E-state index in [0.717, 1.165) is 16.6 Å². The van der Waals surface area contributed by atoms with Crippen molar-refractivity contribution in [1.82, 2.24) is 15.3 Å². The van der Waals surface area contributed by atoms with Crippen LogP contribution in [0.4, 0.5) is 0 Å². The van der Waals surface area contributed by atoms with Crippen LogP contribution in [0.15, 0.2) is 17.4 Å². The standard InChI is InChI=1S/C14H20N4S/c1-11-7-16-12(8-15-11)9-17-13-18-14(10-19-13)5-3-2-4-6-14/h7-8H,2-6,9-10H2,1H3,(H,17,18). The minimum absolute atomic E-state index is 0.334. The van der Waals surface area contributed by atoms with Crippen molar-refractivity contribution in [2.45, 2.75) is 51.1 Å². The molecule has 2 heterocycles. The molecule has 0 radical (unpaired) electrons. The van der Waals surface area contributed by atoms with Crippen LogP contribution in [0.1, 0.15) is 43.5 Å². The van der Waals surface area contributed by atoms with E-state index < -0.39 is 0 Å². The molecule has 1 aromatic rings. The van der Waals surface area contributed by atoms with Gasteiger partial charge in [-0.2, -0.15) is 0 Å². The highest BCUT2D eigenvalue weighted by Crippen LogP contribution is 2.36. The molecule has 1 saturated heterocycles. The summed E-state index contributed by atoms with van der Waals surface area (Å²) in [6.07, 6.45) is 10.3. The van der Waals surface area contributed by atoms with Crippen molar-refractivity contribution in [3.63, 3.8) is 0 Å². The number of hydrogen-bond acceptors (Lipinski definition) is 4. The second-order valence-electron chi connectivity index (χ2n) is 5.53. The fourth-order valence-corrected chi connectivity index (χ4v) is 3.96. The Morgan fingerprint density at radius 1 is 1.26 bits per heavy atom. The normalized spacial score (nSPS) is 23.7. The molecule has 4 nitrogen and oxygen atoms in total. The lowest BCUT2D eigenvalue weighted by molar-refractivity contribution is 0.303. The SMILES string of the molecule is Cc1cnc(CN=C2NC3(CCCCC3)CS2)cn1. The first-order valence-electron chi connectivity index (χ1n) is 6.99. The van der Waals surface area contributed by atoms with Crippen molar-refractivity contribution < 1.29 is 0 Å². The van der Waals surface area contributed by atoms with Crippen molar-refractivity contribution in [1.29, 1.82) is 0 Å². The first-order valence-corrected chi connectivity index (χ1v) is 7.97. The summed E-state index contributed by atoms with van der Waals surface area (Å²) >= 11 is 1.86. The van der Waals surface area contributed by atoms with Crippen LogP contribution in [0, 0.1) is 6.92 Å². The third kappa shape index (κ3) is 3.08. The summed E-state index contributed by atoms with van der Waals surface area (Å²) in [5, 5.41) is 4.74. The summed E-state index contributed by atoms with van der Waals surface area (Å²) in [4.78, 5) is 13.2. The highest BCUT2D eigenvalue weighted by molar-refractivity contribution is 8.14. The average Bonchev–Trinajstić information content (AvgIpc) is 2.82. The lowest BCUT2D eigenvalue weighted by atomic mass is 9.83. The Labute approximate surface area is 118 Å². The highest BCUT2D eigenvalue weighted by Gasteiger charge is 2.37. The van der Waals surface area contributed by atoms with E-state index in [-0.39, 0.29) is 0 Å². The van der Waals surface area contributed by atoms with E-state index in [2.05, 4.69) is 20.3 Å². The van der Waals surface area contributed by atoms with Gasteiger partial charge < -0.3 is 5.32 Å². The molecule has 1 spiro atoms. The zero-order chi connectivity index (χ0) is 13.1. The second-order valence-corrected chi connectivity index (χ2v) is 6.49. The van der Waals surface area contributed by atoms with Crippen molar-refractivity contribution in [2.75, 3.05) is 5.75 Å². The highest BCUT2D eigenvalue weighted by atomic mass is 32.2. The molecule has 1 N–H and O–H groups in total. The second kappa shape index (κ2) is 5.49. The minimum Gasteiger partial charge on any atom is -0.359 e. The predicted molar refractivity (Wildman–Crippen MR) is 79.3 cm³/mol. The molecular formula is C14H20N4S. The Morgan fingerprint density at radius 2 is 2.11 bits per heavy atom. The van der Waals surface area contributed by atoms with E-state index in [1.54, 1.807) is 6.20 Å². The van der Waals surface area contributed by atoms with Crippen LogP contribution in [0.2, 0.25) is 0 Å². The molecule has 2 aliphatic rings. The molecule has 0 aromatic carbocycles. The molecule has 3 rings (SSSR count). The lowest BCUT2D eigenvalue weighted by Gasteiger charge is -2.32. The molecule has 1 aliphatic heterocycles. The molecule has 0 atom stereocenters. The smallest absolute Gasteiger partial charge is 0.157 e. The Hall–Kier alpha value is -1.10. The lowest BCUT2D eigenvalue weighted by Crippen LogP contribution is -2.45. The molecule has 0 bridgehead atoms. The third-order valence-corrected chi connectivity index (χ3v) is 5.09. The number of rotatable bonds is 2. The number of thioether (sulfide) groups is 1. The van der Waals surface area contributed by atoms with Crippen LogP contribution in [0.5, 0.6) is 0 Å². The molecule has 102 valence electrons. The van der Waals surface area contributed by atoms with Crippen molar-refractivity contribution in [2.24, 2.45) is 4.99 Å². The fourth-order valence-electron chi connectivity index (χ4n) is 2.74. The van der Waals surface area contributed by atoms with Gasteiger partial charge in [-0.3, -0.25) is 15.0 Å². The van der Waals surface area contributed by atoms with Gasteiger partial charge in [0.25, 0.3) is 0 Å². The van der Waals surface area contributed by atoms with Crippen LogP contribution in [0.3, 0.4) is 0 Å². The summed E-state index contributed by atoms with van der Waals surface area (Å²) in [6, 6.07) is 0. The Kier molecular flexibility index (Phi) is 3.73. The average molecular weight is 276 g/mol. The fraction of sp³-hybridized carbons (Fsp3) is 0.643. The maximum absolute atomic E-state index is 4.64. The predicted octanol–water partition coefficient (Wildman–Crippen LogP) is 2.68. The van der Waals surface area contributed by atoms with E-state index in [0.29, 0.717) is 12.1 Å². The molecule has 1 aromatic heterocycles. The van der Waals surface area contributed by atoms with E-state index in [1.165, 1.54) is 37.9 Å². The minimum atomic E-state index is 0.334. The van der Waals surface area contributed by atoms with E-state index in [9.17, 15) is 0 Å². The quantitative estimate of drug-likeness (QED) is 0.902. The summed E-state index contributed by atoms with van der Waals surface area (Å²) in [5.74, 6) is 1.17. The molecule has 5 heteroatoms. The Balaban J connectivity index is 1.61. The van der Waals surface area contributed by atoms with Gasteiger partial charge in [-0.25, -0.2) is 0 Å². The molecule has 19 heavy (non-hydrogen) atoms. The van der Waals surface area contributed by atoms with Crippen LogP contribution >= 0.6 is 11.8 Å². The number of amidine groups is 1. The van der Waals surface area contributed by atoms with Gasteiger partial charge in [0.15, 0.2) is 5.17 Å². The van der Waals surface area contributed by atoms with E-state index in [1.807, 2.05) is 24.9 Å². The van der Waals surface area contributed by atoms with Crippen LogP contribution < -0.4 is 5.32 Å². The van der Waals surface area contributed by atoms with Gasteiger partial charge >= 0.3 is 0 Å². The number of nitrogens with zero attached hydrogens (tertiary/aromatic N) is 3. The van der Waals surface area contributed by atoms with E-state index >= 15 is 0 Å². The van der Waals surface area contributed by atoms with Gasteiger partial charge in [-0.1, -0.05) is 31.0 Å². The van der Waals surface area contributed by atoms with Gasteiger partial charge in [0, 0.05) is 17.5 Å². The summed E-state index contributed by atoms with van der Waals surface area (Å²) < 4.78 is 0. The molecule has 0 unspecified atom stereocenters. The first kappa shape index (κ1) is 12.9. The Bertz CT molecular complexity index is 463. The molecule has 2 fully saturated rings. The maximum atomic E-state index is 4.64. The number of nitrogens with one attached hydrogen (secondary N) is 1. The number of aromatic nitrogens is 2. The van der Waals surface area contributed by atoms with Crippen LogP contribution in [-0.2, 0) is 6.54 Å². The van der Waals surface area contributed by atoms with Gasteiger partial charge in [0.05, 0.1) is 24.1 Å². The van der Waals surface area contributed by atoms with Crippen molar-refractivity contribution in [3.8, 4) is 0 Å². The zero-order valence-corrected chi connectivity index (χ0v) is 12.2. The van der Waals surface area contributed by atoms with Gasteiger partial charge in [-0.05, 0) is 19.8 Å². The topological polar surface area (TPSA) is 50.2 Å². The number of hydrogen-bond donors (Lipinski definition) is 1. The van der Waals surface area contributed by atoms with Crippen LogP contribution in [-0.4, -0.2) is 26.4 Å². The summed E-state index contributed by atoms with van der Waals surface area (Å²) in [6.45, 7) is 2.57. The molecule has 1 saturated carbocycles. The molecule has 1 aliphatic carbocycles. The summed E-state index contributed by atoms with van der Waals surface area (Å²) in [7, 11) is 0. The monoisotopic (exact) mass is 276 g/mol. The van der Waals surface area contributed by atoms with Gasteiger partial charge in [-0.15, -0.1) is 0 Å². The van der Waals surface area contributed by atoms with Gasteiger partial charge in [0.1, 0.15) is 0 Å². The first-order chi connectivity index (χ1) is 9.26. The Morgan fingerprint density at radius 3 is 2.84 bits per heavy atom. The summed E-state index contributed by atoms with van der Waals surface area (Å²) in [5.41, 5.74) is 2.22. The van der Waals surface area contributed by atoms with Gasteiger partial charge in [0.2, 0.25) is 0 Å². The number of aliphatic imine (C=N–C) groups is 1. The van der Waals surface area contributed by atoms with Crippen LogP contribution in [0.25, 0.3) is 0 Å². The molecule has 0 amide bonds. The van der Waals surface area contributed by atoms with Crippen molar-refractivity contribution >= 4 is 16.9 Å². The van der Waals surface area contributed by atoms with E-state index in [4.69, 9.17) is 0 Å². The van der Waals surface area contributed by atoms with Crippen molar-refractivity contribution in [3.05, 3.63) is 23.8 Å². The molecular weight excluding hydrogens is 256 g/mol. The number of aryl methyl sites for hydroxylation is 1. The maximum Gasteiger partial charge on any atom is 0.157 e. The largest absolute Gasteiger partial charge is 0.359 e.